The van der Waals surface area contributed by atoms with E-state index in [1.807, 2.05) is 26.0 Å². The highest BCUT2D eigenvalue weighted by Crippen LogP contribution is 2.15. The number of halogens is 1. The first kappa shape index (κ1) is 17.9. The van der Waals surface area contributed by atoms with Crippen molar-refractivity contribution >= 4 is 28.0 Å². The Morgan fingerprint density at radius 3 is 2.48 bits per heavy atom. The first-order chi connectivity index (χ1) is 9.92. The molecule has 1 aromatic rings. The number of benzene rings is 1. The third kappa shape index (κ3) is 7.99. The van der Waals surface area contributed by atoms with Crippen molar-refractivity contribution in [3.63, 3.8) is 0 Å². The third-order valence-corrected chi connectivity index (χ3v) is 2.70. The highest BCUT2D eigenvalue weighted by Gasteiger charge is 2.13. The molecule has 0 bridgehead atoms. The molecule has 0 saturated carbocycles. The summed E-state index contributed by atoms with van der Waals surface area (Å²) in [6.07, 6.45) is 2.31. The number of ether oxygens (including phenoxy) is 1. The van der Waals surface area contributed by atoms with Crippen molar-refractivity contribution < 1.29 is 19.3 Å². The molecule has 4 nitrogen and oxygen atoms in total. The standard InChI is InChI=1S/C16H21BrO4/c1-4-13-6-8-14(9-7-13)15(18)19-10-5-11-20-21-12-16(2,3)17/h4,6-9H,1,5,10-12H2,2-3H3. The lowest BCUT2D eigenvalue weighted by molar-refractivity contribution is -0.297. The Kier molecular flexibility index (Phi) is 7.64. The fourth-order valence-electron chi connectivity index (χ4n) is 1.36. The van der Waals surface area contributed by atoms with Gasteiger partial charge in [-0.15, -0.1) is 0 Å². The van der Waals surface area contributed by atoms with Crippen LogP contribution < -0.4 is 0 Å². The molecule has 0 aromatic heterocycles. The molecule has 0 aliphatic carbocycles. The molecule has 0 amide bonds. The second-order valence-corrected chi connectivity index (χ2v) is 7.27. The summed E-state index contributed by atoms with van der Waals surface area (Å²) in [5, 5.41) is 0. The summed E-state index contributed by atoms with van der Waals surface area (Å²) >= 11 is 3.44. The normalized spacial score (nSPS) is 11.2. The number of carbonyl (C=O) groups is 1. The first-order valence-electron chi connectivity index (χ1n) is 6.75. The van der Waals surface area contributed by atoms with Crippen LogP contribution in [0.2, 0.25) is 0 Å². The van der Waals surface area contributed by atoms with E-state index in [2.05, 4.69) is 22.5 Å². The zero-order chi connectivity index (χ0) is 15.7. The summed E-state index contributed by atoms with van der Waals surface area (Å²) in [5.41, 5.74) is 1.49. The molecule has 0 N–H and O–H groups in total. The average molecular weight is 357 g/mol. The van der Waals surface area contributed by atoms with E-state index in [1.165, 1.54) is 0 Å². The van der Waals surface area contributed by atoms with Gasteiger partial charge in [-0.3, -0.25) is 0 Å². The molecular weight excluding hydrogens is 336 g/mol. The van der Waals surface area contributed by atoms with E-state index in [4.69, 9.17) is 14.5 Å². The molecule has 0 aliphatic rings. The average Bonchev–Trinajstić information content (AvgIpc) is 2.45. The molecule has 0 atom stereocenters. The second kappa shape index (κ2) is 8.97. The Labute approximate surface area is 134 Å². The van der Waals surface area contributed by atoms with E-state index in [1.54, 1.807) is 18.2 Å². The van der Waals surface area contributed by atoms with E-state index in [9.17, 15) is 4.79 Å². The van der Waals surface area contributed by atoms with Gasteiger partial charge in [0.05, 0.1) is 25.4 Å². The van der Waals surface area contributed by atoms with Crippen LogP contribution in [0, 0.1) is 0 Å². The lowest BCUT2D eigenvalue weighted by Crippen LogP contribution is -2.19. The van der Waals surface area contributed by atoms with Crippen molar-refractivity contribution in [2.24, 2.45) is 0 Å². The molecule has 0 saturated heterocycles. The molecule has 21 heavy (non-hydrogen) atoms. The van der Waals surface area contributed by atoms with Crippen molar-refractivity contribution in [1.82, 2.24) is 0 Å². The van der Waals surface area contributed by atoms with E-state index in [-0.39, 0.29) is 10.3 Å². The van der Waals surface area contributed by atoms with E-state index in [0.29, 0.717) is 31.8 Å². The Morgan fingerprint density at radius 2 is 1.90 bits per heavy atom. The maximum atomic E-state index is 11.7. The highest BCUT2D eigenvalue weighted by atomic mass is 79.9. The zero-order valence-corrected chi connectivity index (χ0v) is 14.0. The summed E-state index contributed by atoms with van der Waals surface area (Å²) in [5.74, 6) is -0.340. The smallest absolute Gasteiger partial charge is 0.338 e. The van der Waals surface area contributed by atoms with Gasteiger partial charge < -0.3 is 4.74 Å². The van der Waals surface area contributed by atoms with E-state index in [0.717, 1.165) is 5.56 Å². The predicted octanol–water partition coefficient (Wildman–Crippen LogP) is 4.00. The van der Waals surface area contributed by atoms with Crippen molar-refractivity contribution in [2.45, 2.75) is 24.6 Å². The van der Waals surface area contributed by atoms with Crippen LogP contribution in [-0.2, 0) is 14.5 Å². The molecule has 0 heterocycles. The van der Waals surface area contributed by atoms with Crippen LogP contribution in [0.15, 0.2) is 30.8 Å². The van der Waals surface area contributed by atoms with Crippen LogP contribution in [0.1, 0.15) is 36.2 Å². The molecule has 1 rings (SSSR count). The molecule has 0 radical (unpaired) electrons. The highest BCUT2D eigenvalue weighted by molar-refractivity contribution is 9.10. The van der Waals surface area contributed by atoms with Gasteiger partial charge in [0.25, 0.3) is 0 Å². The van der Waals surface area contributed by atoms with Crippen LogP contribution >= 0.6 is 15.9 Å². The fourth-order valence-corrected chi connectivity index (χ4v) is 1.46. The van der Waals surface area contributed by atoms with Crippen molar-refractivity contribution in [1.29, 1.82) is 0 Å². The van der Waals surface area contributed by atoms with Gasteiger partial charge in [-0.25, -0.2) is 14.6 Å². The SMILES string of the molecule is C=Cc1ccc(C(=O)OCCCOOCC(C)(C)Br)cc1. The monoisotopic (exact) mass is 356 g/mol. The van der Waals surface area contributed by atoms with Crippen LogP contribution in [0.3, 0.4) is 0 Å². The van der Waals surface area contributed by atoms with Gasteiger partial charge in [-0.05, 0) is 31.5 Å². The molecule has 0 spiro atoms. The third-order valence-electron chi connectivity index (χ3n) is 2.47. The minimum absolute atomic E-state index is 0.114. The Bertz CT molecular complexity index is 448. The lowest BCUT2D eigenvalue weighted by Gasteiger charge is -2.14. The summed E-state index contributed by atoms with van der Waals surface area (Å²) in [7, 11) is 0. The lowest BCUT2D eigenvalue weighted by atomic mass is 10.1. The van der Waals surface area contributed by atoms with Gasteiger partial charge in [0.15, 0.2) is 0 Å². The van der Waals surface area contributed by atoms with Crippen molar-refractivity contribution in [3.8, 4) is 0 Å². The summed E-state index contributed by atoms with van der Waals surface area (Å²) in [6.45, 7) is 8.75. The van der Waals surface area contributed by atoms with Gasteiger partial charge >= 0.3 is 5.97 Å². The maximum Gasteiger partial charge on any atom is 0.338 e. The van der Waals surface area contributed by atoms with Gasteiger partial charge in [0.1, 0.15) is 0 Å². The van der Waals surface area contributed by atoms with Crippen LogP contribution in [-0.4, -0.2) is 30.1 Å². The number of rotatable bonds is 9. The van der Waals surface area contributed by atoms with Gasteiger partial charge in [-0.2, -0.15) is 0 Å². The number of hydrogen-bond donors (Lipinski definition) is 0. The topological polar surface area (TPSA) is 44.8 Å². The number of carbonyl (C=O) groups excluding carboxylic acids is 1. The van der Waals surface area contributed by atoms with Gasteiger partial charge in [-0.1, -0.05) is 40.7 Å². The van der Waals surface area contributed by atoms with Crippen LogP contribution in [0.5, 0.6) is 0 Å². The maximum absolute atomic E-state index is 11.7. The Balaban J connectivity index is 2.14. The molecule has 116 valence electrons. The van der Waals surface area contributed by atoms with Gasteiger partial charge in [0, 0.05) is 10.7 Å². The minimum atomic E-state index is -0.340. The number of esters is 1. The summed E-state index contributed by atoms with van der Waals surface area (Å²) in [4.78, 5) is 21.8. The fraction of sp³-hybridized carbons (Fsp3) is 0.438. The Morgan fingerprint density at radius 1 is 1.24 bits per heavy atom. The summed E-state index contributed by atoms with van der Waals surface area (Å²) < 4.78 is 5.03. The van der Waals surface area contributed by atoms with Crippen LogP contribution in [0.4, 0.5) is 0 Å². The van der Waals surface area contributed by atoms with Crippen molar-refractivity contribution in [3.05, 3.63) is 42.0 Å². The predicted molar refractivity (Wildman–Crippen MR) is 86.3 cm³/mol. The van der Waals surface area contributed by atoms with Crippen LogP contribution in [0.25, 0.3) is 6.08 Å². The van der Waals surface area contributed by atoms with Gasteiger partial charge in [0.2, 0.25) is 0 Å². The summed E-state index contributed by atoms with van der Waals surface area (Å²) in [6, 6.07) is 7.08. The first-order valence-corrected chi connectivity index (χ1v) is 7.54. The second-order valence-electron chi connectivity index (χ2n) is 5.12. The quantitative estimate of drug-likeness (QED) is 0.220. The molecule has 0 aliphatic heterocycles. The van der Waals surface area contributed by atoms with E-state index < -0.39 is 0 Å². The van der Waals surface area contributed by atoms with E-state index >= 15 is 0 Å². The zero-order valence-electron chi connectivity index (χ0n) is 12.4. The molecular formula is C16H21BrO4. The number of hydrogen-bond acceptors (Lipinski definition) is 4. The molecule has 0 unspecified atom stereocenters. The molecule has 0 fully saturated rings. The number of alkyl halides is 1. The Hall–Kier alpha value is -1.17. The minimum Gasteiger partial charge on any atom is -0.462 e. The molecule has 5 heteroatoms. The largest absolute Gasteiger partial charge is 0.462 e. The van der Waals surface area contributed by atoms with Crippen molar-refractivity contribution in [2.75, 3.05) is 19.8 Å². The molecule has 1 aromatic carbocycles.